The molecule has 174 valence electrons. The largest absolute Gasteiger partial charge is 0.491 e. The van der Waals surface area contributed by atoms with E-state index in [4.69, 9.17) is 21.7 Å². The van der Waals surface area contributed by atoms with Crippen molar-refractivity contribution < 1.29 is 19.1 Å². The van der Waals surface area contributed by atoms with Crippen LogP contribution in [0.15, 0.2) is 66.7 Å². The van der Waals surface area contributed by atoms with Gasteiger partial charge in [-0.2, -0.15) is 0 Å². The summed E-state index contributed by atoms with van der Waals surface area (Å²) in [7, 11) is 0. The summed E-state index contributed by atoms with van der Waals surface area (Å²) in [6.45, 7) is 3.21. The Morgan fingerprint density at radius 3 is 2.62 bits per heavy atom. The van der Waals surface area contributed by atoms with Crippen molar-refractivity contribution in [3.05, 3.63) is 77.9 Å². The van der Waals surface area contributed by atoms with Gasteiger partial charge in [-0.1, -0.05) is 60.3 Å². The standard InChI is InChI=1S/C26H24N2O4S2/c1-16(15-31-21-10-6-17(7-11-21)12-23-24(29)27-25(30)34-23)28-14-22(32-26(28)33)20-9-8-18-4-2-3-5-19(18)13-20/h2-11,13,16,22-23H,12,14-15H2,1H3,(H,27,29,30). The topological polar surface area (TPSA) is 67.9 Å². The molecule has 2 amide bonds. The Hall–Kier alpha value is -3.10. The number of hydrogen-bond acceptors (Lipinski definition) is 6. The summed E-state index contributed by atoms with van der Waals surface area (Å²) in [6, 6.07) is 22.3. The molecule has 3 aromatic carbocycles. The summed E-state index contributed by atoms with van der Waals surface area (Å²) < 4.78 is 12.0. The van der Waals surface area contributed by atoms with Gasteiger partial charge >= 0.3 is 0 Å². The Morgan fingerprint density at radius 1 is 1.12 bits per heavy atom. The lowest BCUT2D eigenvalue weighted by molar-refractivity contribution is -0.118. The number of imide groups is 1. The molecule has 3 unspecified atom stereocenters. The lowest BCUT2D eigenvalue weighted by atomic mass is 10.0. The molecule has 2 heterocycles. The normalized spacial score (nSPS) is 21.0. The lowest BCUT2D eigenvalue weighted by Crippen LogP contribution is -2.37. The van der Waals surface area contributed by atoms with Crippen molar-refractivity contribution in [2.75, 3.05) is 13.2 Å². The lowest BCUT2D eigenvalue weighted by Gasteiger charge is -2.23. The maximum absolute atomic E-state index is 11.8. The van der Waals surface area contributed by atoms with Gasteiger partial charge in [-0.25, -0.2) is 0 Å². The molecule has 0 spiro atoms. The van der Waals surface area contributed by atoms with E-state index in [1.54, 1.807) is 0 Å². The third-order valence-corrected chi connectivity index (χ3v) is 7.43. The van der Waals surface area contributed by atoms with Crippen molar-refractivity contribution >= 4 is 51.1 Å². The van der Waals surface area contributed by atoms with Crippen molar-refractivity contribution in [1.29, 1.82) is 0 Å². The van der Waals surface area contributed by atoms with Gasteiger partial charge < -0.3 is 14.4 Å². The fraction of sp³-hybridized carbons (Fsp3) is 0.269. The minimum Gasteiger partial charge on any atom is -0.491 e. The van der Waals surface area contributed by atoms with Gasteiger partial charge in [0, 0.05) is 0 Å². The number of nitrogens with one attached hydrogen (secondary N) is 1. The predicted molar refractivity (Wildman–Crippen MR) is 137 cm³/mol. The maximum atomic E-state index is 11.8. The summed E-state index contributed by atoms with van der Waals surface area (Å²) in [6.07, 6.45) is 0.408. The smallest absolute Gasteiger partial charge is 0.286 e. The van der Waals surface area contributed by atoms with Gasteiger partial charge in [0.1, 0.15) is 18.5 Å². The molecule has 0 saturated carbocycles. The van der Waals surface area contributed by atoms with Gasteiger partial charge in [-0.3, -0.25) is 14.9 Å². The van der Waals surface area contributed by atoms with Crippen LogP contribution in [0.25, 0.3) is 10.8 Å². The highest BCUT2D eigenvalue weighted by atomic mass is 32.2. The van der Waals surface area contributed by atoms with E-state index in [0.29, 0.717) is 24.7 Å². The van der Waals surface area contributed by atoms with E-state index in [1.807, 2.05) is 36.4 Å². The summed E-state index contributed by atoms with van der Waals surface area (Å²) >= 11 is 6.55. The Bertz CT molecular complexity index is 1250. The van der Waals surface area contributed by atoms with Gasteiger partial charge in [0.2, 0.25) is 5.91 Å². The van der Waals surface area contributed by atoms with Crippen LogP contribution in [0.5, 0.6) is 5.75 Å². The third kappa shape index (κ3) is 4.88. The molecule has 0 radical (unpaired) electrons. The Balaban J connectivity index is 1.16. The number of rotatable bonds is 7. The van der Waals surface area contributed by atoms with Crippen LogP contribution in [-0.4, -0.2) is 45.7 Å². The second-order valence-electron chi connectivity index (χ2n) is 8.52. The quantitative estimate of drug-likeness (QED) is 0.473. The molecule has 8 heteroatoms. The van der Waals surface area contributed by atoms with Crippen LogP contribution < -0.4 is 10.1 Å². The summed E-state index contributed by atoms with van der Waals surface area (Å²) in [4.78, 5) is 25.2. The van der Waals surface area contributed by atoms with E-state index in [1.165, 1.54) is 10.8 Å². The molecule has 1 N–H and O–H groups in total. The number of amides is 2. The van der Waals surface area contributed by atoms with Crippen LogP contribution in [0.2, 0.25) is 0 Å². The highest BCUT2D eigenvalue weighted by molar-refractivity contribution is 8.15. The first kappa shape index (κ1) is 22.7. The van der Waals surface area contributed by atoms with Crippen molar-refractivity contribution in [1.82, 2.24) is 10.2 Å². The number of carbonyl (C=O) groups excluding carboxylic acids is 2. The van der Waals surface area contributed by atoms with Crippen LogP contribution in [0.4, 0.5) is 4.79 Å². The highest BCUT2D eigenvalue weighted by Crippen LogP contribution is 2.30. The Labute approximate surface area is 207 Å². The predicted octanol–water partition coefficient (Wildman–Crippen LogP) is 4.86. The molecule has 2 aliphatic rings. The monoisotopic (exact) mass is 492 g/mol. The number of nitrogens with zero attached hydrogens (tertiary/aromatic N) is 1. The summed E-state index contributed by atoms with van der Waals surface area (Å²) in [5.74, 6) is 0.516. The molecule has 5 rings (SSSR count). The molecule has 34 heavy (non-hydrogen) atoms. The molecular formula is C26H24N2O4S2. The van der Waals surface area contributed by atoms with E-state index < -0.39 is 0 Å². The van der Waals surface area contributed by atoms with Crippen LogP contribution in [0.1, 0.15) is 24.2 Å². The molecule has 0 aromatic heterocycles. The van der Waals surface area contributed by atoms with Crippen LogP contribution in [-0.2, 0) is 16.0 Å². The number of thioether (sulfide) groups is 1. The molecule has 3 aromatic rings. The first-order valence-corrected chi connectivity index (χ1v) is 12.4. The minimum atomic E-state index is -0.369. The molecule has 2 fully saturated rings. The number of hydrogen-bond donors (Lipinski definition) is 1. The first-order valence-electron chi connectivity index (χ1n) is 11.2. The number of benzene rings is 3. The van der Waals surface area contributed by atoms with Crippen molar-refractivity contribution in [3.63, 3.8) is 0 Å². The maximum Gasteiger partial charge on any atom is 0.286 e. The molecular weight excluding hydrogens is 468 g/mol. The van der Waals surface area contributed by atoms with Gasteiger partial charge in [0.15, 0.2) is 0 Å². The van der Waals surface area contributed by atoms with Crippen molar-refractivity contribution in [2.24, 2.45) is 0 Å². The molecule has 0 aliphatic carbocycles. The third-order valence-electron chi connectivity index (χ3n) is 6.12. The zero-order valence-corrected chi connectivity index (χ0v) is 20.2. The zero-order chi connectivity index (χ0) is 23.7. The molecule has 0 bridgehead atoms. The average molecular weight is 493 g/mol. The van der Waals surface area contributed by atoms with Crippen LogP contribution >= 0.6 is 24.0 Å². The second kappa shape index (κ2) is 9.64. The summed E-state index contributed by atoms with van der Waals surface area (Å²) in [5, 5.41) is 4.55. The molecule has 6 nitrogen and oxygen atoms in total. The number of fused-ring (bicyclic) bond motifs is 1. The number of ether oxygens (including phenoxy) is 2. The minimum absolute atomic E-state index is 0.0437. The fourth-order valence-corrected chi connectivity index (χ4v) is 5.42. The Morgan fingerprint density at radius 2 is 1.88 bits per heavy atom. The SMILES string of the molecule is CC(COc1ccc(CC2SC(=O)NC2=O)cc1)N1CC(c2ccc3ccccc3c2)OC1=S. The van der Waals surface area contributed by atoms with Crippen LogP contribution in [0, 0.1) is 0 Å². The van der Waals surface area contributed by atoms with Gasteiger partial charge in [-0.15, -0.1) is 0 Å². The van der Waals surface area contributed by atoms with E-state index in [0.717, 1.165) is 28.6 Å². The van der Waals surface area contributed by atoms with Crippen LogP contribution in [0.3, 0.4) is 0 Å². The average Bonchev–Trinajstić information content (AvgIpc) is 3.39. The van der Waals surface area contributed by atoms with E-state index in [2.05, 4.69) is 47.5 Å². The van der Waals surface area contributed by atoms with E-state index >= 15 is 0 Å². The number of carbonyl (C=O) groups is 2. The molecule has 2 aliphatic heterocycles. The number of thiocarbonyl (C=S) groups is 1. The molecule has 2 saturated heterocycles. The van der Waals surface area contributed by atoms with Gasteiger partial charge in [-0.05, 0) is 65.7 Å². The van der Waals surface area contributed by atoms with Gasteiger partial charge in [0.25, 0.3) is 10.4 Å². The van der Waals surface area contributed by atoms with Crippen molar-refractivity contribution in [2.45, 2.75) is 30.7 Å². The fourth-order valence-electron chi connectivity index (χ4n) is 4.19. The van der Waals surface area contributed by atoms with E-state index in [-0.39, 0.29) is 28.5 Å². The van der Waals surface area contributed by atoms with E-state index in [9.17, 15) is 9.59 Å². The Kier molecular flexibility index (Phi) is 6.43. The first-order chi connectivity index (χ1) is 16.5. The molecule has 3 atom stereocenters. The second-order valence-corrected chi connectivity index (χ2v) is 10.0. The summed E-state index contributed by atoms with van der Waals surface area (Å²) in [5.41, 5.74) is 2.10. The van der Waals surface area contributed by atoms with Gasteiger partial charge in [0.05, 0.1) is 17.8 Å². The zero-order valence-electron chi connectivity index (χ0n) is 18.6. The van der Waals surface area contributed by atoms with Crippen molar-refractivity contribution in [3.8, 4) is 5.75 Å². The highest BCUT2D eigenvalue weighted by Gasteiger charge is 2.33.